The predicted octanol–water partition coefficient (Wildman–Crippen LogP) is 8.48. The quantitative estimate of drug-likeness (QED) is 0.140. The van der Waals surface area contributed by atoms with E-state index in [1.54, 1.807) is 0 Å². The maximum atomic E-state index is 11.9. The van der Waals surface area contributed by atoms with Gasteiger partial charge < -0.3 is 10.4 Å². The fourth-order valence-corrected chi connectivity index (χ4v) is 4.25. The van der Waals surface area contributed by atoms with Gasteiger partial charge in [-0.15, -0.1) is 0 Å². The van der Waals surface area contributed by atoms with Crippen molar-refractivity contribution < 1.29 is 9.90 Å². The highest BCUT2D eigenvalue weighted by atomic mass is 16.3. The van der Waals surface area contributed by atoms with E-state index < -0.39 is 0 Å². The Balaban J connectivity index is 3.27. The molecule has 0 saturated heterocycles. The van der Waals surface area contributed by atoms with Crippen molar-refractivity contribution in [2.45, 2.75) is 168 Å². The minimum atomic E-state index is -0.258. The Morgan fingerprint density at radius 2 is 0.968 bits per heavy atom. The van der Waals surface area contributed by atoms with Crippen LogP contribution < -0.4 is 5.32 Å². The van der Waals surface area contributed by atoms with Crippen molar-refractivity contribution in [3.8, 4) is 0 Å². The number of unbranched alkanes of at least 4 members (excludes halogenated alkanes) is 18. The summed E-state index contributed by atoms with van der Waals surface area (Å²) in [6, 6.07) is 0. The van der Waals surface area contributed by atoms with Crippen molar-refractivity contribution in [1.82, 2.24) is 5.32 Å². The van der Waals surface area contributed by atoms with Crippen LogP contribution in [0, 0.1) is 0 Å². The standard InChI is InChI=1S/C28H57NO2/c1-3-5-7-9-11-12-13-14-15-16-18-19-21-23-27(30)25-26-29-28(31)24-22-20-17-10-8-6-4-2/h27,30H,3-26H2,1-2H3,(H,29,31). The van der Waals surface area contributed by atoms with Crippen LogP contribution in [-0.4, -0.2) is 23.7 Å². The number of aliphatic hydroxyl groups is 1. The smallest absolute Gasteiger partial charge is 0.219 e. The van der Waals surface area contributed by atoms with E-state index in [9.17, 15) is 9.90 Å². The molecule has 31 heavy (non-hydrogen) atoms. The third kappa shape index (κ3) is 25.6. The number of carbonyl (C=O) groups is 1. The van der Waals surface area contributed by atoms with Gasteiger partial charge in [-0.3, -0.25) is 4.79 Å². The average molecular weight is 440 g/mol. The molecule has 1 amide bonds. The van der Waals surface area contributed by atoms with Crippen LogP contribution in [0.4, 0.5) is 0 Å². The normalized spacial score (nSPS) is 12.2. The van der Waals surface area contributed by atoms with E-state index in [0.717, 1.165) is 19.3 Å². The molecule has 0 aliphatic carbocycles. The lowest BCUT2D eigenvalue weighted by Crippen LogP contribution is -2.26. The summed E-state index contributed by atoms with van der Waals surface area (Å²) < 4.78 is 0. The van der Waals surface area contributed by atoms with Crippen LogP contribution in [0.3, 0.4) is 0 Å². The summed E-state index contributed by atoms with van der Waals surface area (Å²) >= 11 is 0. The summed E-state index contributed by atoms with van der Waals surface area (Å²) in [5.74, 6) is 0.154. The van der Waals surface area contributed by atoms with Crippen molar-refractivity contribution >= 4 is 5.91 Å². The van der Waals surface area contributed by atoms with Gasteiger partial charge in [-0.25, -0.2) is 0 Å². The van der Waals surface area contributed by atoms with Crippen LogP contribution in [0.5, 0.6) is 0 Å². The highest BCUT2D eigenvalue weighted by molar-refractivity contribution is 5.75. The van der Waals surface area contributed by atoms with Crippen molar-refractivity contribution in [3.05, 3.63) is 0 Å². The summed E-state index contributed by atoms with van der Waals surface area (Å²) in [6.45, 7) is 5.13. The molecule has 0 aromatic carbocycles. The van der Waals surface area contributed by atoms with Gasteiger partial charge in [0.2, 0.25) is 5.91 Å². The Bertz CT molecular complexity index is 359. The molecule has 0 fully saturated rings. The van der Waals surface area contributed by atoms with Gasteiger partial charge in [-0.2, -0.15) is 0 Å². The fourth-order valence-electron chi connectivity index (χ4n) is 4.25. The van der Waals surface area contributed by atoms with Crippen LogP contribution in [0.1, 0.15) is 162 Å². The number of aliphatic hydroxyl groups excluding tert-OH is 1. The Morgan fingerprint density at radius 3 is 1.42 bits per heavy atom. The number of carbonyl (C=O) groups excluding carboxylic acids is 1. The molecule has 0 aliphatic rings. The number of amides is 1. The zero-order chi connectivity index (χ0) is 22.8. The van der Waals surface area contributed by atoms with Crippen molar-refractivity contribution in [2.24, 2.45) is 0 Å². The second-order valence-corrected chi connectivity index (χ2v) is 9.70. The lowest BCUT2D eigenvalue weighted by molar-refractivity contribution is -0.121. The van der Waals surface area contributed by atoms with E-state index in [0.29, 0.717) is 19.4 Å². The number of rotatable bonds is 25. The molecule has 3 nitrogen and oxygen atoms in total. The second-order valence-electron chi connectivity index (χ2n) is 9.70. The molecule has 0 heterocycles. The van der Waals surface area contributed by atoms with E-state index in [2.05, 4.69) is 19.2 Å². The first-order valence-corrected chi connectivity index (χ1v) is 14.2. The van der Waals surface area contributed by atoms with E-state index in [1.165, 1.54) is 116 Å². The Labute approximate surface area is 195 Å². The fraction of sp³-hybridized carbons (Fsp3) is 0.964. The minimum Gasteiger partial charge on any atom is -0.393 e. The van der Waals surface area contributed by atoms with Crippen molar-refractivity contribution in [1.29, 1.82) is 0 Å². The first-order chi connectivity index (χ1) is 15.2. The summed E-state index contributed by atoms with van der Waals surface area (Å²) in [5.41, 5.74) is 0. The van der Waals surface area contributed by atoms with Crippen LogP contribution >= 0.6 is 0 Å². The molecule has 0 rings (SSSR count). The van der Waals surface area contributed by atoms with Crippen LogP contribution in [0.25, 0.3) is 0 Å². The largest absolute Gasteiger partial charge is 0.393 e. The molecule has 0 aromatic heterocycles. The molecule has 186 valence electrons. The van der Waals surface area contributed by atoms with Gasteiger partial charge in [0.25, 0.3) is 0 Å². The maximum absolute atomic E-state index is 11.9. The summed E-state index contributed by atoms with van der Waals surface area (Å²) in [4.78, 5) is 11.9. The Kier molecular flexibility index (Phi) is 25.2. The van der Waals surface area contributed by atoms with E-state index in [-0.39, 0.29) is 12.0 Å². The van der Waals surface area contributed by atoms with Crippen LogP contribution in [0.2, 0.25) is 0 Å². The lowest BCUT2D eigenvalue weighted by Gasteiger charge is -2.11. The first kappa shape index (κ1) is 30.4. The molecule has 0 bridgehead atoms. The zero-order valence-electron chi connectivity index (χ0n) is 21.4. The predicted molar refractivity (Wildman–Crippen MR) is 137 cm³/mol. The second kappa shape index (κ2) is 25.7. The molecule has 0 spiro atoms. The van der Waals surface area contributed by atoms with Gasteiger partial charge in [-0.1, -0.05) is 136 Å². The number of hydrogen-bond acceptors (Lipinski definition) is 2. The van der Waals surface area contributed by atoms with Gasteiger partial charge in [0.1, 0.15) is 0 Å². The summed E-state index contributed by atoms with van der Waals surface area (Å²) in [5, 5.41) is 13.1. The van der Waals surface area contributed by atoms with Gasteiger partial charge >= 0.3 is 0 Å². The highest BCUT2D eigenvalue weighted by Crippen LogP contribution is 2.14. The van der Waals surface area contributed by atoms with Gasteiger partial charge in [0.15, 0.2) is 0 Å². The highest BCUT2D eigenvalue weighted by Gasteiger charge is 2.06. The molecule has 0 aliphatic heterocycles. The van der Waals surface area contributed by atoms with E-state index in [1.807, 2.05) is 0 Å². The molecular formula is C28H57NO2. The number of hydrogen-bond donors (Lipinski definition) is 2. The van der Waals surface area contributed by atoms with Gasteiger partial charge in [-0.05, 0) is 19.3 Å². The SMILES string of the molecule is CCCCCCCCCCCCCCCC(O)CCNC(=O)CCCCCCCCC. The molecule has 0 radical (unpaired) electrons. The average Bonchev–Trinajstić information content (AvgIpc) is 2.76. The molecule has 0 aromatic rings. The molecule has 0 saturated carbocycles. The topological polar surface area (TPSA) is 49.3 Å². The summed E-state index contributed by atoms with van der Waals surface area (Å²) in [6.07, 6.45) is 28.3. The van der Waals surface area contributed by atoms with Crippen LogP contribution in [-0.2, 0) is 4.79 Å². The molecular weight excluding hydrogens is 382 g/mol. The number of nitrogens with one attached hydrogen (secondary N) is 1. The zero-order valence-corrected chi connectivity index (χ0v) is 21.4. The maximum Gasteiger partial charge on any atom is 0.219 e. The van der Waals surface area contributed by atoms with Gasteiger partial charge in [0, 0.05) is 13.0 Å². The van der Waals surface area contributed by atoms with E-state index in [4.69, 9.17) is 0 Å². The van der Waals surface area contributed by atoms with Crippen molar-refractivity contribution in [2.75, 3.05) is 6.54 Å². The first-order valence-electron chi connectivity index (χ1n) is 14.2. The molecule has 1 unspecified atom stereocenters. The minimum absolute atomic E-state index is 0.154. The third-order valence-electron chi connectivity index (χ3n) is 6.45. The van der Waals surface area contributed by atoms with E-state index >= 15 is 0 Å². The molecule has 2 N–H and O–H groups in total. The lowest BCUT2D eigenvalue weighted by atomic mass is 10.0. The van der Waals surface area contributed by atoms with Gasteiger partial charge in [0.05, 0.1) is 6.10 Å². The van der Waals surface area contributed by atoms with Crippen molar-refractivity contribution in [3.63, 3.8) is 0 Å². The monoisotopic (exact) mass is 439 g/mol. The molecule has 1 atom stereocenters. The molecule has 3 heteroatoms. The van der Waals surface area contributed by atoms with Crippen LogP contribution in [0.15, 0.2) is 0 Å². The summed E-state index contributed by atoms with van der Waals surface area (Å²) in [7, 11) is 0. The Morgan fingerprint density at radius 1 is 0.581 bits per heavy atom. The third-order valence-corrected chi connectivity index (χ3v) is 6.45. The Hall–Kier alpha value is -0.570.